The van der Waals surface area contributed by atoms with Crippen LogP contribution >= 0.6 is 0 Å². The molecule has 0 spiro atoms. The Morgan fingerprint density at radius 1 is 1.11 bits per heavy atom. The zero-order chi connectivity index (χ0) is 13.4. The van der Waals surface area contributed by atoms with E-state index in [9.17, 15) is 9.59 Å². The highest BCUT2D eigenvalue weighted by atomic mass is 16.2. The number of hydrogen-bond donors (Lipinski definition) is 3. The highest BCUT2D eigenvalue weighted by molar-refractivity contribution is 5.93. The Hall–Kier alpha value is -1.88. The van der Waals surface area contributed by atoms with Gasteiger partial charge in [-0.05, 0) is 25.2 Å². The molecule has 0 aliphatic carbocycles. The lowest BCUT2D eigenvalue weighted by Crippen LogP contribution is -2.18. The minimum atomic E-state index is -0.0525. The second-order valence-corrected chi connectivity index (χ2v) is 3.88. The van der Waals surface area contributed by atoms with Gasteiger partial charge in [0.15, 0.2) is 0 Å². The molecule has 0 bridgehead atoms. The Balaban J connectivity index is 2.59. The predicted molar refractivity (Wildman–Crippen MR) is 72.5 cm³/mol. The molecule has 1 rings (SSSR count). The van der Waals surface area contributed by atoms with Crippen LogP contribution in [0.2, 0.25) is 0 Å². The molecule has 18 heavy (non-hydrogen) atoms. The summed E-state index contributed by atoms with van der Waals surface area (Å²) in [6, 6.07) is 7.11. The minimum absolute atomic E-state index is 0.0475. The first-order valence-corrected chi connectivity index (χ1v) is 6.00. The Morgan fingerprint density at radius 3 is 2.28 bits per heavy atom. The third kappa shape index (κ3) is 4.97. The molecule has 98 valence electrons. The fourth-order valence-corrected chi connectivity index (χ4v) is 1.39. The molecule has 0 radical (unpaired) electrons. The summed E-state index contributed by atoms with van der Waals surface area (Å²) in [5, 5.41) is 8.44. The van der Waals surface area contributed by atoms with Gasteiger partial charge < -0.3 is 16.0 Å². The topological polar surface area (TPSA) is 70.2 Å². The zero-order valence-corrected chi connectivity index (χ0v) is 10.7. The summed E-state index contributed by atoms with van der Waals surface area (Å²) in [6.07, 6.45) is 0.848. The molecule has 1 aromatic carbocycles. The van der Waals surface area contributed by atoms with E-state index in [0.717, 1.165) is 0 Å². The molecular formula is C13H19N3O2. The number of anilines is 2. The number of carbonyl (C=O) groups is 2. The maximum Gasteiger partial charge on any atom is 0.225 e. The van der Waals surface area contributed by atoms with Gasteiger partial charge >= 0.3 is 0 Å². The smallest absolute Gasteiger partial charge is 0.225 e. The van der Waals surface area contributed by atoms with Gasteiger partial charge in [0.1, 0.15) is 0 Å². The van der Waals surface area contributed by atoms with Crippen molar-refractivity contribution in [2.75, 3.05) is 24.2 Å². The van der Waals surface area contributed by atoms with Crippen LogP contribution in [0.1, 0.15) is 19.8 Å². The van der Waals surface area contributed by atoms with Crippen molar-refractivity contribution in [3.63, 3.8) is 0 Å². The van der Waals surface area contributed by atoms with E-state index in [-0.39, 0.29) is 11.8 Å². The van der Waals surface area contributed by atoms with E-state index in [1.54, 1.807) is 38.2 Å². The predicted octanol–water partition coefficient (Wildman–Crippen LogP) is 1.58. The molecule has 5 heteroatoms. The summed E-state index contributed by atoms with van der Waals surface area (Å²) >= 11 is 0. The molecule has 0 atom stereocenters. The lowest BCUT2D eigenvalue weighted by Gasteiger charge is -2.08. The van der Waals surface area contributed by atoms with Gasteiger partial charge in [0.05, 0.1) is 0 Å². The molecular weight excluding hydrogens is 230 g/mol. The molecule has 0 aliphatic rings. The zero-order valence-electron chi connectivity index (χ0n) is 10.7. The second kappa shape index (κ2) is 7.45. The SMILES string of the molecule is CCC(=O)Nc1cccc(NC(=O)CCNC)c1. The van der Waals surface area contributed by atoms with Crippen molar-refractivity contribution in [2.45, 2.75) is 19.8 Å². The van der Waals surface area contributed by atoms with Crippen molar-refractivity contribution in [2.24, 2.45) is 0 Å². The lowest BCUT2D eigenvalue weighted by molar-refractivity contribution is -0.116. The van der Waals surface area contributed by atoms with Crippen LogP contribution in [0.25, 0.3) is 0 Å². The van der Waals surface area contributed by atoms with Crippen LogP contribution < -0.4 is 16.0 Å². The third-order valence-electron chi connectivity index (χ3n) is 2.35. The number of hydrogen-bond acceptors (Lipinski definition) is 3. The lowest BCUT2D eigenvalue weighted by atomic mass is 10.2. The minimum Gasteiger partial charge on any atom is -0.326 e. The molecule has 0 saturated carbocycles. The first-order chi connectivity index (χ1) is 8.65. The van der Waals surface area contributed by atoms with E-state index < -0.39 is 0 Å². The summed E-state index contributed by atoms with van der Waals surface area (Å²) in [5.41, 5.74) is 1.37. The van der Waals surface area contributed by atoms with Gasteiger partial charge in [-0.15, -0.1) is 0 Å². The van der Waals surface area contributed by atoms with Crippen LogP contribution in [-0.4, -0.2) is 25.4 Å². The molecule has 0 heterocycles. The molecule has 2 amide bonds. The summed E-state index contributed by atoms with van der Waals surface area (Å²) in [5.74, 6) is -0.100. The van der Waals surface area contributed by atoms with Crippen LogP contribution in [0.3, 0.4) is 0 Å². The quantitative estimate of drug-likeness (QED) is 0.717. The number of rotatable bonds is 6. The molecule has 0 aliphatic heterocycles. The van der Waals surface area contributed by atoms with Crippen LogP contribution in [0.15, 0.2) is 24.3 Å². The van der Waals surface area contributed by atoms with E-state index in [4.69, 9.17) is 0 Å². The van der Waals surface area contributed by atoms with Crippen LogP contribution in [-0.2, 0) is 9.59 Å². The van der Waals surface area contributed by atoms with Crippen molar-refractivity contribution in [3.05, 3.63) is 24.3 Å². The van der Waals surface area contributed by atoms with Crippen molar-refractivity contribution < 1.29 is 9.59 Å². The molecule has 3 N–H and O–H groups in total. The van der Waals surface area contributed by atoms with E-state index >= 15 is 0 Å². The standard InChI is InChI=1S/C13H19N3O2/c1-3-12(17)15-10-5-4-6-11(9-10)16-13(18)7-8-14-2/h4-6,9,14H,3,7-8H2,1-2H3,(H,15,17)(H,16,18). The molecule has 0 unspecified atom stereocenters. The number of nitrogens with one attached hydrogen (secondary N) is 3. The van der Waals surface area contributed by atoms with Gasteiger partial charge in [-0.2, -0.15) is 0 Å². The first kappa shape index (κ1) is 14.2. The fourth-order valence-electron chi connectivity index (χ4n) is 1.39. The van der Waals surface area contributed by atoms with Crippen LogP contribution in [0.5, 0.6) is 0 Å². The largest absolute Gasteiger partial charge is 0.326 e. The number of benzene rings is 1. The van der Waals surface area contributed by atoms with Gasteiger partial charge in [-0.1, -0.05) is 13.0 Å². The highest BCUT2D eigenvalue weighted by Gasteiger charge is 2.03. The summed E-state index contributed by atoms with van der Waals surface area (Å²) in [7, 11) is 1.80. The monoisotopic (exact) mass is 249 g/mol. The van der Waals surface area contributed by atoms with E-state index in [1.165, 1.54) is 0 Å². The van der Waals surface area contributed by atoms with Crippen molar-refractivity contribution >= 4 is 23.2 Å². The molecule has 0 fully saturated rings. The summed E-state index contributed by atoms with van der Waals surface area (Å²) in [6.45, 7) is 2.43. The Bertz CT molecular complexity index is 418. The highest BCUT2D eigenvalue weighted by Crippen LogP contribution is 2.15. The Morgan fingerprint density at radius 2 is 1.72 bits per heavy atom. The van der Waals surface area contributed by atoms with Gasteiger partial charge in [0.25, 0.3) is 0 Å². The summed E-state index contributed by atoms with van der Waals surface area (Å²) < 4.78 is 0. The molecule has 1 aromatic rings. The molecule has 0 aromatic heterocycles. The Kier molecular flexibility index (Phi) is 5.87. The van der Waals surface area contributed by atoms with Gasteiger partial charge in [0, 0.05) is 30.8 Å². The van der Waals surface area contributed by atoms with Crippen LogP contribution in [0.4, 0.5) is 11.4 Å². The van der Waals surface area contributed by atoms with Crippen LogP contribution in [0, 0.1) is 0 Å². The third-order valence-corrected chi connectivity index (χ3v) is 2.35. The van der Waals surface area contributed by atoms with Gasteiger partial charge in [-0.3, -0.25) is 9.59 Å². The molecule has 0 saturated heterocycles. The van der Waals surface area contributed by atoms with E-state index in [1.807, 2.05) is 0 Å². The second-order valence-electron chi connectivity index (χ2n) is 3.88. The fraction of sp³-hybridized carbons (Fsp3) is 0.385. The van der Waals surface area contributed by atoms with E-state index in [0.29, 0.717) is 30.8 Å². The molecule has 5 nitrogen and oxygen atoms in total. The average molecular weight is 249 g/mol. The van der Waals surface area contributed by atoms with Crippen molar-refractivity contribution in [1.29, 1.82) is 0 Å². The maximum absolute atomic E-state index is 11.5. The van der Waals surface area contributed by atoms with Crippen molar-refractivity contribution in [1.82, 2.24) is 5.32 Å². The average Bonchev–Trinajstić information content (AvgIpc) is 2.36. The maximum atomic E-state index is 11.5. The number of carbonyl (C=O) groups excluding carboxylic acids is 2. The number of amides is 2. The van der Waals surface area contributed by atoms with Crippen molar-refractivity contribution in [3.8, 4) is 0 Å². The van der Waals surface area contributed by atoms with E-state index in [2.05, 4.69) is 16.0 Å². The Labute approximate surface area is 107 Å². The first-order valence-electron chi connectivity index (χ1n) is 6.00. The van der Waals surface area contributed by atoms with Gasteiger partial charge in [-0.25, -0.2) is 0 Å². The van der Waals surface area contributed by atoms with Gasteiger partial charge in [0.2, 0.25) is 11.8 Å². The summed E-state index contributed by atoms with van der Waals surface area (Å²) in [4.78, 5) is 22.8. The normalized spacial score (nSPS) is 9.89.